The Hall–Kier alpha value is -3.56. The van der Waals surface area contributed by atoms with Gasteiger partial charge in [0.2, 0.25) is 5.95 Å². The van der Waals surface area contributed by atoms with Crippen LogP contribution in [0.1, 0.15) is 23.0 Å². The Morgan fingerprint density at radius 2 is 2.06 bits per heavy atom. The van der Waals surface area contributed by atoms with Gasteiger partial charge in [-0.05, 0) is 43.7 Å². The molecule has 3 heterocycles. The summed E-state index contributed by atoms with van der Waals surface area (Å²) in [5, 5.41) is 20.0. The molecule has 4 aromatic rings. The molecule has 0 fully saturated rings. The van der Waals surface area contributed by atoms with Crippen molar-refractivity contribution in [3.05, 3.63) is 86.9 Å². The summed E-state index contributed by atoms with van der Waals surface area (Å²) in [5.41, 5.74) is 3.62. The lowest BCUT2D eigenvalue weighted by Crippen LogP contribution is -2.27. The quantitative estimate of drug-likeness (QED) is 0.409. The van der Waals surface area contributed by atoms with Crippen LogP contribution in [0.4, 0.5) is 16.0 Å². The van der Waals surface area contributed by atoms with Gasteiger partial charge in [0.15, 0.2) is 0 Å². The standard InChI is InChI=1S/C22H20ClFN6O2/c1-12-21(13(2)29-28-12)27-22-25-7-5-18(26-22)14-6-8-30(20(32)10-14)19(11-31)15-3-4-16(23)17(24)9-15/h3-10,19,31H,11H2,1-2H3,(H,28,29)(H,25,26,27)/t19-/m1/s1. The molecule has 3 N–H and O–H groups in total. The van der Waals surface area contributed by atoms with Gasteiger partial charge in [-0.2, -0.15) is 5.10 Å². The van der Waals surface area contributed by atoms with Crippen LogP contribution < -0.4 is 10.9 Å². The first-order valence-electron chi connectivity index (χ1n) is 9.77. The largest absolute Gasteiger partial charge is 0.394 e. The Balaban J connectivity index is 1.64. The van der Waals surface area contributed by atoms with E-state index in [1.165, 1.54) is 22.8 Å². The summed E-state index contributed by atoms with van der Waals surface area (Å²) in [6.45, 7) is 3.36. The van der Waals surface area contributed by atoms with Gasteiger partial charge in [-0.25, -0.2) is 14.4 Å². The van der Waals surface area contributed by atoms with Crippen LogP contribution in [0.5, 0.6) is 0 Å². The number of aliphatic hydroxyl groups excluding tert-OH is 1. The van der Waals surface area contributed by atoms with Gasteiger partial charge < -0.3 is 15.0 Å². The van der Waals surface area contributed by atoms with Gasteiger partial charge in [0.05, 0.1) is 40.4 Å². The Morgan fingerprint density at radius 3 is 2.72 bits per heavy atom. The van der Waals surface area contributed by atoms with E-state index in [1.807, 2.05) is 13.8 Å². The van der Waals surface area contributed by atoms with E-state index in [1.54, 1.807) is 30.6 Å². The predicted molar refractivity (Wildman–Crippen MR) is 120 cm³/mol. The minimum Gasteiger partial charge on any atom is -0.394 e. The average molecular weight is 455 g/mol. The third-order valence-electron chi connectivity index (χ3n) is 5.10. The third-order valence-corrected chi connectivity index (χ3v) is 5.41. The highest BCUT2D eigenvalue weighted by Crippen LogP contribution is 2.24. The van der Waals surface area contributed by atoms with E-state index in [2.05, 4.69) is 25.5 Å². The zero-order chi connectivity index (χ0) is 22.8. The molecule has 0 saturated carbocycles. The second-order valence-corrected chi connectivity index (χ2v) is 7.64. The zero-order valence-corrected chi connectivity index (χ0v) is 18.1. The number of aliphatic hydroxyl groups is 1. The second-order valence-electron chi connectivity index (χ2n) is 7.23. The lowest BCUT2D eigenvalue weighted by molar-refractivity contribution is 0.247. The number of nitrogens with one attached hydrogen (secondary N) is 2. The number of nitrogens with zero attached hydrogens (tertiary/aromatic N) is 4. The molecule has 0 spiro atoms. The third kappa shape index (κ3) is 4.25. The number of aryl methyl sites for hydroxylation is 2. The molecular formula is C22H20ClFN6O2. The van der Waals surface area contributed by atoms with Crippen LogP contribution in [0.2, 0.25) is 5.02 Å². The van der Waals surface area contributed by atoms with Crippen LogP contribution in [0.3, 0.4) is 0 Å². The molecule has 0 saturated heterocycles. The van der Waals surface area contributed by atoms with Crippen LogP contribution in [0.25, 0.3) is 11.3 Å². The van der Waals surface area contributed by atoms with Crippen molar-refractivity contribution < 1.29 is 9.50 Å². The van der Waals surface area contributed by atoms with Crippen molar-refractivity contribution in [2.24, 2.45) is 0 Å². The number of benzene rings is 1. The number of hydrogen-bond acceptors (Lipinski definition) is 6. The fourth-order valence-corrected chi connectivity index (χ4v) is 3.52. The van der Waals surface area contributed by atoms with Crippen molar-refractivity contribution in [2.75, 3.05) is 11.9 Å². The smallest absolute Gasteiger partial charge is 0.251 e. The number of pyridine rings is 1. The summed E-state index contributed by atoms with van der Waals surface area (Å²) < 4.78 is 15.2. The average Bonchev–Trinajstić information content (AvgIpc) is 3.10. The van der Waals surface area contributed by atoms with Gasteiger partial charge in [0.25, 0.3) is 5.56 Å². The number of aromatic amines is 1. The molecule has 1 aromatic carbocycles. The molecule has 3 aromatic heterocycles. The van der Waals surface area contributed by atoms with Crippen molar-refractivity contribution in [3.63, 3.8) is 0 Å². The van der Waals surface area contributed by atoms with E-state index < -0.39 is 11.9 Å². The fraction of sp³-hybridized carbons (Fsp3) is 0.182. The predicted octanol–water partition coefficient (Wildman–Crippen LogP) is 3.76. The summed E-state index contributed by atoms with van der Waals surface area (Å²) in [4.78, 5) is 21.6. The van der Waals surface area contributed by atoms with Crippen molar-refractivity contribution in [2.45, 2.75) is 19.9 Å². The topological polar surface area (TPSA) is 109 Å². The Bertz CT molecular complexity index is 1320. The van der Waals surface area contributed by atoms with Crippen molar-refractivity contribution >= 4 is 23.2 Å². The van der Waals surface area contributed by atoms with Crippen LogP contribution in [0.15, 0.2) is 53.6 Å². The molecular weight excluding hydrogens is 435 g/mol. The SMILES string of the molecule is Cc1n[nH]c(C)c1Nc1nccc(-c2ccn([C@H](CO)c3ccc(Cl)c(F)c3)c(=O)c2)n1. The molecule has 8 nitrogen and oxygen atoms in total. The molecule has 0 unspecified atom stereocenters. The van der Waals surface area contributed by atoms with Gasteiger partial charge in [0, 0.05) is 24.0 Å². The fourth-order valence-electron chi connectivity index (χ4n) is 3.41. The summed E-state index contributed by atoms with van der Waals surface area (Å²) in [5.74, 6) is -0.249. The van der Waals surface area contributed by atoms with Crippen LogP contribution in [-0.2, 0) is 0 Å². The second kappa shape index (κ2) is 8.89. The van der Waals surface area contributed by atoms with E-state index in [9.17, 15) is 14.3 Å². The van der Waals surface area contributed by atoms with E-state index in [-0.39, 0.29) is 17.2 Å². The molecule has 164 valence electrons. The van der Waals surface area contributed by atoms with Gasteiger partial charge >= 0.3 is 0 Å². The van der Waals surface area contributed by atoms with E-state index in [0.29, 0.717) is 22.8 Å². The number of aromatic nitrogens is 5. The Morgan fingerprint density at radius 1 is 1.25 bits per heavy atom. The Labute approximate surface area is 187 Å². The lowest BCUT2D eigenvalue weighted by atomic mass is 10.1. The summed E-state index contributed by atoms with van der Waals surface area (Å²) in [7, 11) is 0. The highest BCUT2D eigenvalue weighted by molar-refractivity contribution is 6.30. The maximum absolute atomic E-state index is 13.9. The number of H-pyrrole nitrogens is 1. The maximum Gasteiger partial charge on any atom is 0.251 e. The lowest BCUT2D eigenvalue weighted by Gasteiger charge is -2.18. The number of halogens is 2. The number of rotatable bonds is 6. The van der Waals surface area contributed by atoms with Crippen molar-refractivity contribution in [1.82, 2.24) is 24.7 Å². The Kier molecular flexibility index (Phi) is 6.02. The molecule has 0 aliphatic rings. The molecule has 10 heteroatoms. The first kappa shape index (κ1) is 21.7. The summed E-state index contributed by atoms with van der Waals surface area (Å²) in [6, 6.07) is 8.25. The molecule has 0 radical (unpaired) electrons. The monoisotopic (exact) mass is 454 g/mol. The normalized spacial score (nSPS) is 12.0. The van der Waals surface area contributed by atoms with E-state index in [0.717, 1.165) is 17.1 Å². The minimum absolute atomic E-state index is 0.0258. The summed E-state index contributed by atoms with van der Waals surface area (Å²) in [6.07, 6.45) is 3.14. The van der Waals surface area contributed by atoms with Crippen LogP contribution in [0, 0.1) is 19.7 Å². The van der Waals surface area contributed by atoms with Gasteiger partial charge in [0.1, 0.15) is 5.82 Å². The van der Waals surface area contributed by atoms with Crippen molar-refractivity contribution in [3.8, 4) is 11.3 Å². The maximum atomic E-state index is 13.9. The first-order chi connectivity index (χ1) is 15.4. The van der Waals surface area contributed by atoms with E-state index in [4.69, 9.17) is 11.6 Å². The molecule has 4 rings (SSSR count). The van der Waals surface area contributed by atoms with Gasteiger partial charge in [-0.1, -0.05) is 17.7 Å². The van der Waals surface area contributed by atoms with Gasteiger partial charge in [-0.3, -0.25) is 9.89 Å². The highest BCUT2D eigenvalue weighted by atomic mass is 35.5. The van der Waals surface area contributed by atoms with Crippen LogP contribution in [-0.4, -0.2) is 36.4 Å². The number of anilines is 2. The highest BCUT2D eigenvalue weighted by Gasteiger charge is 2.17. The van der Waals surface area contributed by atoms with E-state index >= 15 is 0 Å². The van der Waals surface area contributed by atoms with Crippen molar-refractivity contribution in [1.29, 1.82) is 0 Å². The molecule has 0 aliphatic carbocycles. The molecule has 0 bridgehead atoms. The van der Waals surface area contributed by atoms with Crippen LogP contribution >= 0.6 is 11.6 Å². The number of hydrogen-bond donors (Lipinski definition) is 3. The molecule has 0 amide bonds. The molecule has 32 heavy (non-hydrogen) atoms. The minimum atomic E-state index is -0.752. The molecule has 0 aliphatic heterocycles. The zero-order valence-electron chi connectivity index (χ0n) is 17.3. The summed E-state index contributed by atoms with van der Waals surface area (Å²) >= 11 is 5.74. The van der Waals surface area contributed by atoms with Gasteiger partial charge in [-0.15, -0.1) is 0 Å². The first-order valence-corrected chi connectivity index (χ1v) is 10.1. The molecule has 1 atom stereocenters.